The monoisotopic (exact) mass is 443 g/mol. The van der Waals surface area contributed by atoms with Crippen LogP contribution in [0.5, 0.6) is 0 Å². The average Bonchev–Trinajstić information content (AvgIpc) is 2.69. The Kier molecular flexibility index (Phi) is 8.46. The Bertz CT molecular complexity index is 970. The van der Waals surface area contributed by atoms with Crippen molar-refractivity contribution in [3.63, 3.8) is 0 Å². The van der Waals surface area contributed by atoms with Gasteiger partial charge in [-0.2, -0.15) is 0 Å². The van der Waals surface area contributed by atoms with E-state index in [4.69, 9.17) is 4.74 Å². The van der Waals surface area contributed by atoms with Crippen molar-refractivity contribution in [3.8, 4) is 0 Å². The van der Waals surface area contributed by atoms with E-state index in [2.05, 4.69) is 15.6 Å². The average molecular weight is 444 g/mol. The molecule has 0 bridgehead atoms. The maximum Gasteiger partial charge on any atom is 0.408 e. The van der Waals surface area contributed by atoms with Crippen LogP contribution in [0.15, 0.2) is 42.6 Å². The molecule has 0 fully saturated rings. The molecule has 1 atom stereocenters. The summed E-state index contributed by atoms with van der Waals surface area (Å²) in [6, 6.07) is 9.16. The van der Waals surface area contributed by atoms with Gasteiger partial charge in [-0.05, 0) is 64.8 Å². The van der Waals surface area contributed by atoms with Crippen molar-refractivity contribution in [1.29, 1.82) is 0 Å². The van der Waals surface area contributed by atoms with Gasteiger partial charge >= 0.3 is 6.09 Å². The van der Waals surface area contributed by atoms with Crippen molar-refractivity contribution >= 4 is 17.8 Å². The Morgan fingerprint density at radius 3 is 2.41 bits per heavy atom. The second kappa shape index (κ2) is 10.8. The van der Waals surface area contributed by atoms with E-state index in [1.807, 2.05) is 13.8 Å². The molecular weight excluding hydrogens is 413 g/mol. The molecule has 0 spiro atoms. The van der Waals surface area contributed by atoms with E-state index >= 15 is 0 Å². The lowest BCUT2D eigenvalue weighted by molar-refractivity contribution is -0.119. The Labute approximate surface area is 187 Å². The van der Waals surface area contributed by atoms with E-state index in [-0.39, 0.29) is 36.2 Å². The number of ketones is 1. The summed E-state index contributed by atoms with van der Waals surface area (Å²) in [5.74, 6) is -2.21. The lowest BCUT2D eigenvalue weighted by Crippen LogP contribution is -2.38. The van der Waals surface area contributed by atoms with Gasteiger partial charge in [0.15, 0.2) is 5.78 Å². The first-order valence-electron chi connectivity index (χ1n) is 10.5. The molecule has 1 heterocycles. The van der Waals surface area contributed by atoms with Crippen LogP contribution in [0.4, 0.5) is 9.18 Å². The zero-order valence-electron chi connectivity index (χ0n) is 19.1. The number of hydrogen-bond acceptors (Lipinski definition) is 5. The van der Waals surface area contributed by atoms with Crippen LogP contribution in [0, 0.1) is 5.82 Å². The molecule has 1 aromatic heterocycles. The number of pyridine rings is 1. The number of hydrogen-bond donors (Lipinski definition) is 2. The van der Waals surface area contributed by atoms with Crippen LogP contribution in [0.3, 0.4) is 0 Å². The second-order valence-electron chi connectivity index (χ2n) is 8.73. The number of nitrogens with zero attached hydrogens (tertiary/aromatic N) is 1. The predicted molar refractivity (Wildman–Crippen MR) is 119 cm³/mol. The first-order chi connectivity index (χ1) is 15.0. The van der Waals surface area contributed by atoms with E-state index in [0.717, 1.165) is 0 Å². The fourth-order valence-corrected chi connectivity index (χ4v) is 3.07. The van der Waals surface area contributed by atoms with E-state index in [1.54, 1.807) is 51.1 Å². The molecule has 1 aromatic carbocycles. The maximum atomic E-state index is 14.4. The minimum absolute atomic E-state index is 0.0134. The number of halogens is 1. The fraction of sp³-hybridized carbons (Fsp3) is 0.417. The zero-order valence-corrected chi connectivity index (χ0v) is 19.1. The summed E-state index contributed by atoms with van der Waals surface area (Å²) in [5.41, 5.74) is 0.0463. The number of Topliss-reactive ketones (excluding diaryl/α,β-unsaturated/α-hetero) is 1. The first kappa shape index (κ1) is 25.0. The quantitative estimate of drug-likeness (QED) is 0.647. The third kappa shape index (κ3) is 7.44. The Balaban J connectivity index is 2.36. The minimum atomic E-state index is -0.948. The highest BCUT2D eigenvalue weighted by molar-refractivity contribution is 5.98. The van der Waals surface area contributed by atoms with Crippen molar-refractivity contribution in [2.24, 2.45) is 0 Å². The molecule has 0 aliphatic rings. The Hall–Kier alpha value is -3.29. The molecule has 0 aliphatic carbocycles. The highest BCUT2D eigenvalue weighted by Crippen LogP contribution is 2.25. The summed E-state index contributed by atoms with van der Waals surface area (Å²) in [6.45, 7) is 8.42. The zero-order chi connectivity index (χ0) is 23.9. The number of carbonyl (C=O) groups is 3. The van der Waals surface area contributed by atoms with Gasteiger partial charge in [-0.15, -0.1) is 0 Å². The van der Waals surface area contributed by atoms with Crippen molar-refractivity contribution in [1.82, 2.24) is 15.6 Å². The molecule has 2 aromatic rings. The minimum Gasteiger partial charge on any atom is -0.444 e. The van der Waals surface area contributed by atoms with Gasteiger partial charge in [-0.25, -0.2) is 9.18 Å². The van der Waals surface area contributed by atoms with Crippen molar-refractivity contribution < 1.29 is 23.5 Å². The van der Waals surface area contributed by atoms with Crippen molar-refractivity contribution in [2.75, 3.05) is 6.54 Å². The van der Waals surface area contributed by atoms with Gasteiger partial charge in [0.05, 0.1) is 23.7 Å². The van der Waals surface area contributed by atoms with Crippen LogP contribution < -0.4 is 10.6 Å². The fourth-order valence-electron chi connectivity index (χ4n) is 3.07. The van der Waals surface area contributed by atoms with Crippen LogP contribution in [-0.4, -0.2) is 41.0 Å². The highest BCUT2D eigenvalue weighted by Gasteiger charge is 2.29. The van der Waals surface area contributed by atoms with Crippen LogP contribution in [0.1, 0.15) is 62.2 Å². The molecule has 8 heteroatoms. The number of nitrogens with one attached hydrogen (secondary N) is 2. The number of ether oxygens (including phenoxy) is 1. The number of rotatable bonds is 8. The van der Waals surface area contributed by atoms with Crippen LogP contribution in [-0.2, 0) is 16.0 Å². The van der Waals surface area contributed by atoms with Crippen LogP contribution in [0.25, 0.3) is 0 Å². The maximum absolute atomic E-state index is 14.4. The number of amides is 2. The molecule has 172 valence electrons. The van der Waals surface area contributed by atoms with Gasteiger partial charge in [0.1, 0.15) is 11.4 Å². The topological polar surface area (TPSA) is 97.4 Å². The van der Waals surface area contributed by atoms with Crippen molar-refractivity contribution in [2.45, 2.75) is 58.6 Å². The van der Waals surface area contributed by atoms with E-state index < -0.39 is 29.2 Å². The molecule has 0 saturated heterocycles. The van der Waals surface area contributed by atoms with Gasteiger partial charge in [-0.3, -0.25) is 14.6 Å². The van der Waals surface area contributed by atoms with Crippen LogP contribution >= 0.6 is 0 Å². The smallest absolute Gasteiger partial charge is 0.408 e. The summed E-state index contributed by atoms with van der Waals surface area (Å²) in [7, 11) is 0. The largest absolute Gasteiger partial charge is 0.444 e. The lowest BCUT2D eigenvalue weighted by atomic mass is 9.88. The molecular formula is C24H30FN3O4. The summed E-state index contributed by atoms with van der Waals surface area (Å²) in [4.78, 5) is 42.2. The summed E-state index contributed by atoms with van der Waals surface area (Å²) in [6.07, 6.45) is 0.722. The molecule has 32 heavy (non-hydrogen) atoms. The van der Waals surface area contributed by atoms with Gasteiger partial charge in [0, 0.05) is 12.2 Å². The van der Waals surface area contributed by atoms with E-state index in [0.29, 0.717) is 5.56 Å². The molecule has 2 rings (SSSR count). The van der Waals surface area contributed by atoms with Gasteiger partial charge in [0.2, 0.25) is 0 Å². The molecule has 0 unspecified atom stereocenters. The summed E-state index contributed by atoms with van der Waals surface area (Å²) < 4.78 is 19.5. The molecule has 0 saturated carbocycles. The number of benzene rings is 1. The molecule has 0 aliphatic heterocycles. The summed E-state index contributed by atoms with van der Waals surface area (Å²) >= 11 is 0. The molecule has 2 N–H and O–H groups in total. The molecule has 7 nitrogen and oxygen atoms in total. The predicted octanol–water partition coefficient (Wildman–Crippen LogP) is 3.78. The summed E-state index contributed by atoms with van der Waals surface area (Å²) in [5, 5.41) is 5.23. The first-order valence-corrected chi connectivity index (χ1v) is 10.5. The van der Waals surface area contributed by atoms with Crippen LogP contribution in [0.2, 0.25) is 0 Å². The highest BCUT2D eigenvalue weighted by atomic mass is 19.1. The number of alkyl carbamates (subject to hydrolysis) is 1. The normalized spacial score (nSPS) is 12.2. The Morgan fingerprint density at radius 1 is 1.09 bits per heavy atom. The van der Waals surface area contributed by atoms with Crippen molar-refractivity contribution in [3.05, 3.63) is 65.2 Å². The standard InChI is InChI=1S/C24H30FN3O4/c1-15(2)28-22(30)17-10-8-12-26-21(17)18(13-16-9-6-7-11-19(16)25)20(29)14-27-23(31)32-24(3,4)5/h6-12,15,18H,13-14H2,1-5H3,(H,27,31)(H,28,30)/t18-/m0/s1. The van der Waals surface area contributed by atoms with E-state index in [1.165, 1.54) is 12.3 Å². The molecule has 0 radical (unpaired) electrons. The second-order valence-corrected chi connectivity index (χ2v) is 8.73. The number of carbonyl (C=O) groups excluding carboxylic acids is 3. The third-order valence-electron chi connectivity index (χ3n) is 4.41. The molecule has 2 amide bonds. The van der Waals surface area contributed by atoms with Gasteiger partial charge in [0.25, 0.3) is 5.91 Å². The van der Waals surface area contributed by atoms with E-state index in [9.17, 15) is 18.8 Å². The van der Waals surface area contributed by atoms with Gasteiger partial charge in [-0.1, -0.05) is 18.2 Å². The Morgan fingerprint density at radius 2 is 1.78 bits per heavy atom. The number of aromatic nitrogens is 1. The lowest BCUT2D eigenvalue weighted by Gasteiger charge is -2.21. The SMILES string of the molecule is CC(C)NC(=O)c1cccnc1[C@@H](Cc1ccccc1F)C(=O)CNC(=O)OC(C)(C)C. The van der Waals surface area contributed by atoms with Gasteiger partial charge < -0.3 is 15.4 Å². The third-order valence-corrected chi connectivity index (χ3v) is 4.41.